The summed E-state index contributed by atoms with van der Waals surface area (Å²) in [6, 6.07) is 7.24. The Bertz CT molecular complexity index is 1670. The summed E-state index contributed by atoms with van der Waals surface area (Å²) in [6.07, 6.45) is 5.68. The van der Waals surface area contributed by atoms with Gasteiger partial charge in [0.25, 0.3) is 5.56 Å². The van der Waals surface area contributed by atoms with Gasteiger partial charge in [-0.3, -0.25) is 4.79 Å². The Kier molecular flexibility index (Phi) is 8.21. The average Bonchev–Trinajstić information content (AvgIpc) is 3.42. The number of carboxylic acid groups (broad SMARTS) is 1. The maximum absolute atomic E-state index is 13.5. The van der Waals surface area contributed by atoms with E-state index in [-0.39, 0.29) is 30.2 Å². The summed E-state index contributed by atoms with van der Waals surface area (Å²) in [5, 5.41) is 33.7. The fourth-order valence-electron chi connectivity index (χ4n) is 7.23. The predicted octanol–water partition coefficient (Wildman–Crippen LogP) is 2.28. The minimum absolute atomic E-state index is 0.175. The Labute approximate surface area is 255 Å². The van der Waals surface area contributed by atoms with E-state index in [9.17, 15) is 29.7 Å². The molecule has 6 rings (SSSR count). The zero-order valence-electron chi connectivity index (χ0n) is 25.3. The quantitative estimate of drug-likeness (QED) is 0.325. The van der Waals surface area contributed by atoms with Gasteiger partial charge in [-0.15, -0.1) is 0 Å². The largest absolute Gasteiger partial charge is 0.547 e. The van der Waals surface area contributed by atoms with E-state index in [0.717, 1.165) is 42.4 Å². The number of pyridine rings is 2. The molecule has 1 atom stereocenters. The molecule has 3 aromatic rings. The number of rotatable bonds is 7. The number of hydrogen-bond donors (Lipinski definition) is 2. The van der Waals surface area contributed by atoms with E-state index in [2.05, 4.69) is 4.90 Å². The fraction of sp³-hybridized carbons (Fsp3) is 0.515. The van der Waals surface area contributed by atoms with Crippen molar-refractivity contribution in [1.82, 2.24) is 19.4 Å². The lowest BCUT2D eigenvalue weighted by molar-refractivity contribution is -0.326. The van der Waals surface area contributed by atoms with E-state index in [1.807, 2.05) is 13.0 Å². The van der Waals surface area contributed by atoms with E-state index >= 15 is 0 Å². The molecule has 1 amide bonds. The van der Waals surface area contributed by atoms with E-state index in [4.69, 9.17) is 9.72 Å². The molecule has 44 heavy (non-hydrogen) atoms. The van der Waals surface area contributed by atoms with Crippen molar-refractivity contribution in [2.45, 2.75) is 83.6 Å². The molecule has 234 valence electrons. The first-order chi connectivity index (χ1) is 21.2. The monoisotopic (exact) mass is 603 g/mol. The number of carboxylic acids is 1. The van der Waals surface area contributed by atoms with E-state index in [0.29, 0.717) is 48.2 Å². The number of carbonyl (C=O) groups is 2. The van der Waals surface area contributed by atoms with Crippen LogP contribution in [0.1, 0.15) is 74.6 Å². The van der Waals surface area contributed by atoms with Crippen LogP contribution in [0.4, 0.5) is 4.79 Å². The molecule has 5 heterocycles. The van der Waals surface area contributed by atoms with Crippen LogP contribution >= 0.6 is 0 Å². The highest BCUT2D eigenvalue weighted by Gasteiger charge is 2.36. The van der Waals surface area contributed by atoms with Crippen molar-refractivity contribution in [3.05, 3.63) is 56.9 Å². The van der Waals surface area contributed by atoms with Crippen molar-refractivity contribution in [2.24, 2.45) is 0 Å². The summed E-state index contributed by atoms with van der Waals surface area (Å²) >= 11 is 0. The zero-order valence-corrected chi connectivity index (χ0v) is 25.3. The van der Waals surface area contributed by atoms with Crippen LogP contribution < -0.4 is 15.4 Å². The second-order valence-corrected chi connectivity index (χ2v) is 12.1. The Hall–Kier alpha value is -3.80. The van der Waals surface area contributed by atoms with Crippen LogP contribution in [0.3, 0.4) is 0 Å². The second kappa shape index (κ2) is 11.9. The number of aliphatic carboxylic acids is 1. The summed E-state index contributed by atoms with van der Waals surface area (Å²) in [5.41, 5.74) is -0.193. The van der Waals surface area contributed by atoms with Gasteiger partial charge in [-0.2, -0.15) is 0 Å². The van der Waals surface area contributed by atoms with Gasteiger partial charge in [0.1, 0.15) is 11.4 Å². The van der Waals surface area contributed by atoms with Crippen molar-refractivity contribution in [3.63, 3.8) is 0 Å². The maximum Gasteiger partial charge on any atom is 0.415 e. The molecule has 3 aliphatic rings. The summed E-state index contributed by atoms with van der Waals surface area (Å²) < 4.78 is 7.28. The number of carbonyl (C=O) groups excluding carboxylic acids is 2. The molecule has 2 saturated heterocycles. The smallest absolute Gasteiger partial charge is 0.415 e. The molecule has 11 nitrogen and oxygen atoms in total. The van der Waals surface area contributed by atoms with Gasteiger partial charge in [-0.1, -0.05) is 20.3 Å². The topological polar surface area (TPSA) is 148 Å². The molecule has 1 aromatic carbocycles. The van der Waals surface area contributed by atoms with E-state index in [1.165, 1.54) is 36.8 Å². The molecule has 3 aliphatic heterocycles. The molecule has 0 saturated carbocycles. The third-order valence-electron chi connectivity index (χ3n) is 9.78. The van der Waals surface area contributed by atoms with Crippen molar-refractivity contribution in [3.8, 4) is 17.1 Å². The van der Waals surface area contributed by atoms with Crippen LogP contribution in [0.5, 0.6) is 5.75 Å². The van der Waals surface area contributed by atoms with Crippen LogP contribution in [-0.4, -0.2) is 73.8 Å². The minimum Gasteiger partial charge on any atom is -0.547 e. The van der Waals surface area contributed by atoms with Gasteiger partial charge in [0.2, 0.25) is 0 Å². The number of aliphatic hydroxyl groups is 2. The lowest BCUT2D eigenvalue weighted by Gasteiger charge is -2.39. The number of likely N-dealkylation sites (tertiary alicyclic amines) is 2. The Morgan fingerprint density at radius 3 is 2.43 bits per heavy atom. The van der Waals surface area contributed by atoms with Crippen LogP contribution in [0.15, 0.2) is 29.1 Å². The lowest BCUT2D eigenvalue weighted by Crippen LogP contribution is -2.48. The van der Waals surface area contributed by atoms with Crippen LogP contribution in [0.2, 0.25) is 0 Å². The van der Waals surface area contributed by atoms with Crippen LogP contribution in [0, 0.1) is 0 Å². The number of benzene rings is 1. The molecule has 0 spiro atoms. The van der Waals surface area contributed by atoms with Gasteiger partial charge >= 0.3 is 6.09 Å². The Morgan fingerprint density at radius 1 is 1.07 bits per heavy atom. The van der Waals surface area contributed by atoms with E-state index < -0.39 is 23.7 Å². The molecule has 0 aliphatic carbocycles. The molecule has 0 unspecified atom stereocenters. The summed E-state index contributed by atoms with van der Waals surface area (Å²) in [5.74, 6) is -1.33. The third kappa shape index (κ3) is 5.06. The zero-order chi connectivity index (χ0) is 31.2. The first-order valence-corrected chi connectivity index (χ1v) is 15.7. The molecule has 0 radical (unpaired) electrons. The van der Waals surface area contributed by atoms with Crippen molar-refractivity contribution in [2.75, 3.05) is 26.2 Å². The highest BCUT2D eigenvalue weighted by Crippen LogP contribution is 2.39. The molecular formula is C33H39N4O7-. The summed E-state index contributed by atoms with van der Waals surface area (Å²) in [6.45, 7) is 6.52. The van der Waals surface area contributed by atoms with Crippen molar-refractivity contribution >= 4 is 23.0 Å². The Balaban J connectivity index is 1.29. The molecule has 0 bridgehead atoms. The maximum atomic E-state index is 13.5. The van der Waals surface area contributed by atoms with Gasteiger partial charge in [0.15, 0.2) is 0 Å². The fourth-order valence-corrected chi connectivity index (χ4v) is 7.23. The molecule has 11 heteroatoms. The number of piperidine rings is 2. The van der Waals surface area contributed by atoms with Crippen LogP contribution in [-0.2, 0) is 30.0 Å². The first-order valence-electron chi connectivity index (χ1n) is 15.7. The number of aromatic nitrogens is 2. The summed E-state index contributed by atoms with van der Waals surface area (Å²) in [7, 11) is 0. The number of fused-ring (bicyclic) bond motifs is 4. The van der Waals surface area contributed by atoms with Gasteiger partial charge in [0.05, 0.1) is 36.0 Å². The molecular weight excluding hydrogens is 564 g/mol. The van der Waals surface area contributed by atoms with Gasteiger partial charge in [-0.25, -0.2) is 9.78 Å². The minimum atomic E-state index is -2.44. The summed E-state index contributed by atoms with van der Waals surface area (Å²) in [4.78, 5) is 47.7. The third-order valence-corrected chi connectivity index (χ3v) is 9.78. The number of amides is 1. The SMILES string of the molecule is CCc1c2c(nc3ccc(OC(=O)N4CCC(N5CCCCC5)CC4)cc13)-c1cc([C@@](O)(CC)C(=O)[O-])c(CO)c(=O)n1C2. The van der Waals surface area contributed by atoms with Crippen LogP contribution in [0.25, 0.3) is 22.3 Å². The van der Waals surface area contributed by atoms with Crippen molar-refractivity contribution < 1.29 is 29.6 Å². The number of nitrogens with zero attached hydrogens (tertiary/aromatic N) is 4. The highest BCUT2D eigenvalue weighted by molar-refractivity contribution is 5.90. The van der Waals surface area contributed by atoms with Gasteiger partial charge in [0, 0.05) is 41.2 Å². The number of ether oxygens (including phenoxy) is 1. The second-order valence-electron chi connectivity index (χ2n) is 12.1. The molecule has 2 fully saturated rings. The lowest BCUT2D eigenvalue weighted by atomic mass is 9.87. The highest BCUT2D eigenvalue weighted by atomic mass is 16.6. The number of aryl methyl sites for hydroxylation is 1. The molecule has 2 aromatic heterocycles. The normalized spacial score (nSPS) is 18.6. The van der Waals surface area contributed by atoms with Gasteiger partial charge in [-0.05, 0) is 81.4 Å². The number of hydrogen-bond acceptors (Lipinski definition) is 9. The number of aliphatic hydroxyl groups excluding tert-OH is 1. The average molecular weight is 604 g/mol. The van der Waals surface area contributed by atoms with Gasteiger partial charge < -0.3 is 39.2 Å². The first kappa shape index (κ1) is 30.2. The molecule has 2 N–H and O–H groups in total. The standard InChI is InChI=1S/C33H40N4O7/c1-3-22-23-16-21(44-32(42)36-14-10-20(11-15-36)35-12-6-5-7-13-35)8-9-27(23)34-29-24(22)18-37-28(29)17-26(25(19-38)30(37)39)33(43,4-2)31(40)41/h8-9,16-17,20,38,43H,3-7,10-15,18-19H2,1-2H3,(H,40,41)/p-1/t33-/m0/s1. The predicted molar refractivity (Wildman–Crippen MR) is 161 cm³/mol. The van der Waals surface area contributed by atoms with Crippen molar-refractivity contribution in [1.29, 1.82) is 0 Å². The Morgan fingerprint density at radius 2 is 1.80 bits per heavy atom. The van der Waals surface area contributed by atoms with E-state index in [1.54, 1.807) is 17.0 Å².